The Kier molecular flexibility index (Phi) is 12.1. The van der Waals surface area contributed by atoms with E-state index in [1.807, 2.05) is 0 Å². The Hall–Kier alpha value is -3.12. The van der Waals surface area contributed by atoms with E-state index in [9.17, 15) is 0 Å². The van der Waals surface area contributed by atoms with Crippen molar-refractivity contribution in [3.63, 3.8) is 0 Å². The Labute approximate surface area is 275 Å². The third-order valence-electron chi connectivity index (χ3n) is 10.7. The van der Waals surface area contributed by atoms with Gasteiger partial charge in [-0.2, -0.15) is 0 Å². The third-order valence-corrected chi connectivity index (χ3v) is 10.7. The van der Waals surface area contributed by atoms with Crippen LogP contribution in [-0.4, -0.2) is 0 Å². The summed E-state index contributed by atoms with van der Waals surface area (Å²) in [6, 6.07) is 37.5. The number of rotatable bonds is 18. The van der Waals surface area contributed by atoms with Crippen LogP contribution in [0.4, 0.5) is 0 Å². The molecule has 0 nitrogen and oxygen atoms in total. The van der Waals surface area contributed by atoms with Crippen LogP contribution in [0.2, 0.25) is 0 Å². The number of fused-ring (bicyclic) bond motifs is 3. The monoisotopic (exact) mass is 598 g/mol. The van der Waals surface area contributed by atoms with Gasteiger partial charge in [-0.25, -0.2) is 0 Å². The zero-order chi connectivity index (χ0) is 31.5. The summed E-state index contributed by atoms with van der Waals surface area (Å²) < 4.78 is 0. The lowest BCUT2D eigenvalue weighted by atomic mass is 9.64. The smallest absolute Gasteiger partial charge is 0.0654 e. The molecule has 0 N–H and O–H groups in total. The molecule has 0 heteroatoms. The molecule has 0 spiro atoms. The largest absolute Gasteiger partial charge is 0.0718 e. The molecular formula is C45H58. The molecule has 0 radical (unpaired) electrons. The van der Waals surface area contributed by atoms with E-state index in [-0.39, 0.29) is 5.41 Å². The van der Waals surface area contributed by atoms with Crippen LogP contribution in [0.3, 0.4) is 0 Å². The van der Waals surface area contributed by atoms with Crippen molar-refractivity contribution >= 4 is 0 Å². The SMILES string of the molecule is CCCCCCC(C)CCc1ccccc1C1(c2ccccc2CCC(C)CCCCCC)c2ccccc2-c2ccccc21. The molecule has 4 aromatic carbocycles. The first kappa shape index (κ1) is 33.2. The summed E-state index contributed by atoms with van der Waals surface area (Å²) in [6.45, 7) is 9.57. The van der Waals surface area contributed by atoms with E-state index in [1.54, 1.807) is 0 Å². The van der Waals surface area contributed by atoms with Crippen molar-refractivity contribution in [2.24, 2.45) is 11.8 Å². The van der Waals surface area contributed by atoms with Gasteiger partial charge in [-0.1, -0.05) is 189 Å². The Morgan fingerprint density at radius 3 is 1.22 bits per heavy atom. The molecule has 1 aliphatic rings. The summed E-state index contributed by atoms with van der Waals surface area (Å²) in [5, 5.41) is 0. The summed E-state index contributed by atoms with van der Waals surface area (Å²) in [4.78, 5) is 0. The minimum atomic E-state index is -0.310. The highest BCUT2D eigenvalue weighted by Gasteiger charge is 2.47. The van der Waals surface area contributed by atoms with Crippen molar-refractivity contribution in [1.29, 1.82) is 0 Å². The number of hydrogen-bond acceptors (Lipinski definition) is 0. The zero-order valence-corrected chi connectivity index (χ0v) is 28.8. The van der Waals surface area contributed by atoms with E-state index in [0.717, 1.165) is 24.7 Å². The lowest BCUT2D eigenvalue weighted by Crippen LogP contribution is -2.31. The van der Waals surface area contributed by atoms with Crippen LogP contribution in [0.15, 0.2) is 97.1 Å². The fourth-order valence-electron chi connectivity index (χ4n) is 8.10. The second-order valence-corrected chi connectivity index (χ2v) is 14.1. The van der Waals surface area contributed by atoms with Crippen molar-refractivity contribution in [2.45, 2.75) is 123 Å². The van der Waals surface area contributed by atoms with Crippen LogP contribution >= 0.6 is 0 Å². The highest BCUT2D eigenvalue weighted by Crippen LogP contribution is 2.57. The molecule has 0 saturated heterocycles. The highest BCUT2D eigenvalue weighted by molar-refractivity contribution is 5.86. The molecule has 238 valence electrons. The predicted molar refractivity (Wildman–Crippen MR) is 196 cm³/mol. The van der Waals surface area contributed by atoms with Gasteiger partial charge in [0.2, 0.25) is 0 Å². The Bertz CT molecular complexity index is 1360. The van der Waals surface area contributed by atoms with Gasteiger partial charge in [-0.3, -0.25) is 0 Å². The van der Waals surface area contributed by atoms with E-state index in [2.05, 4.69) is 125 Å². The topological polar surface area (TPSA) is 0 Å². The minimum absolute atomic E-state index is 0.310. The lowest BCUT2D eigenvalue weighted by Gasteiger charge is -2.37. The average molecular weight is 599 g/mol. The van der Waals surface area contributed by atoms with Gasteiger partial charge in [0.05, 0.1) is 5.41 Å². The summed E-state index contributed by atoms with van der Waals surface area (Å²) >= 11 is 0. The van der Waals surface area contributed by atoms with Crippen LogP contribution in [0.5, 0.6) is 0 Å². The second kappa shape index (κ2) is 16.4. The molecule has 0 saturated carbocycles. The lowest BCUT2D eigenvalue weighted by molar-refractivity contribution is 0.457. The molecule has 4 aromatic rings. The van der Waals surface area contributed by atoms with Crippen molar-refractivity contribution in [2.75, 3.05) is 0 Å². The van der Waals surface area contributed by atoms with Gasteiger partial charge in [0.25, 0.3) is 0 Å². The molecule has 1 aliphatic carbocycles. The second-order valence-electron chi connectivity index (χ2n) is 14.1. The van der Waals surface area contributed by atoms with E-state index in [1.165, 1.54) is 122 Å². The maximum Gasteiger partial charge on any atom is 0.0718 e. The molecule has 0 fully saturated rings. The number of hydrogen-bond donors (Lipinski definition) is 0. The van der Waals surface area contributed by atoms with Gasteiger partial charge in [0.15, 0.2) is 0 Å². The number of unbranched alkanes of at least 4 members (excludes halogenated alkanes) is 6. The summed E-state index contributed by atoms with van der Waals surface area (Å²) in [6.07, 6.45) is 18.3. The molecule has 0 heterocycles. The first-order valence-electron chi connectivity index (χ1n) is 18.5. The number of benzene rings is 4. The summed E-state index contributed by atoms with van der Waals surface area (Å²) in [5.41, 5.74) is 11.4. The van der Waals surface area contributed by atoms with Crippen LogP contribution in [0, 0.1) is 11.8 Å². The first-order chi connectivity index (χ1) is 22.1. The predicted octanol–water partition coefficient (Wildman–Crippen LogP) is 13.1. The molecular weight excluding hydrogens is 540 g/mol. The van der Waals surface area contributed by atoms with Crippen molar-refractivity contribution in [1.82, 2.24) is 0 Å². The maximum atomic E-state index is 2.48. The van der Waals surface area contributed by atoms with Crippen LogP contribution < -0.4 is 0 Å². The molecule has 0 aromatic heterocycles. The van der Waals surface area contributed by atoms with Gasteiger partial charge in [-0.15, -0.1) is 0 Å². The fraction of sp³-hybridized carbons (Fsp3) is 0.467. The first-order valence-corrected chi connectivity index (χ1v) is 18.5. The van der Waals surface area contributed by atoms with E-state index in [0.29, 0.717) is 0 Å². The van der Waals surface area contributed by atoms with Crippen LogP contribution in [0.25, 0.3) is 11.1 Å². The fourth-order valence-corrected chi connectivity index (χ4v) is 8.10. The molecule has 45 heavy (non-hydrogen) atoms. The number of aryl methyl sites for hydroxylation is 2. The molecule has 0 bridgehead atoms. The van der Waals surface area contributed by atoms with E-state index < -0.39 is 0 Å². The molecule has 0 amide bonds. The Balaban J connectivity index is 1.56. The average Bonchev–Trinajstić information content (AvgIpc) is 3.38. The maximum absolute atomic E-state index is 2.48. The Morgan fingerprint density at radius 1 is 0.422 bits per heavy atom. The normalized spacial score (nSPS) is 14.6. The van der Waals surface area contributed by atoms with Gasteiger partial charge in [0.1, 0.15) is 0 Å². The van der Waals surface area contributed by atoms with Crippen molar-refractivity contribution in [3.05, 3.63) is 130 Å². The molecule has 2 atom stereocenters. The molecule has 0 aliphatic heterocycles. The van der Waals surface area contributed by atoms with Gasteiger partial charge < -0.3 is 0 Å². The quantitative estimate of drug-likeness (QED) is 0.0880. The van der Waals surface area contributed by atoms with Gasteiger partial charge >= 0.3 is 0 Å². The standard InChI is InChI=1S/C45H58/c1-5-7-9-11-21-35(3)31-33-37-23-13-17-27-41(37)45(43-29-19-15-25-39(43)40-26-16-20-30-44(40)45)42-28-18-14-24-38(42)34-32-36(4)22-12-10-8-6-2/h13-20,23-30,35-36H,5-12,21-22,31-34H2,1-4H3. The van der Waals surface area contributed by atoms with Gasteiger partial charge in [0, 0.05) is 0 Å². The van der Waals surface area contributed by atoms with Crippen LogP contribution in [0.1, 0.15) is 138 Å². The van der Waals surface area contributed by atoms with E-state index >= 15 is 0 Å². The molecule has 5 rings (SSSR count). The van der Waals surface area contributed by atoms with Crippen molar-refractivity contribution in [3.8, 4) is 11.1 Å². The highest BCUT2D eigenvalue weighted by atomic mass is 14.5. The van der Waals surface area contributed by atoms with Crippen molar-refractivity contribution < 1.29 is 0 Å². The molecule has 2 unspecified atom stereocenters. The summed E-state index contributed by atoms with van der Waals surface area (Å²) in [5.74, 6) is 1.50. The Morgan fingerprint density at radius 2 is 0.800 bits per heavy atom. The van der Waals surface area contributed by atoms with Crippen LogP contribution in [-0.2, 0) is 18.3 Å². The zero-order valence-electron chi connectivity index (χ0n) is 28.8. The van der Waals surface area contributed by atoms with E-state index in [4.69, 9.17) is 0 Å². The minimum Gasteiger partial charge on any atom is -0.0654 e. The third kappa shape index (κ3) is 7.48. The summed E-state index contributed by atoms with van der Waals surface area (Å²) in [7, 11) is 0. The van der Waals surface area contributed by atoms with Gasteiger partial charge in [-0.05, 0) is 82.0 Å².